The van der Waals surface area contributed by atoms with Crippen molar-refractivity contribution in [1.29, 1.82) is 0 Å². The third-order valence-corrected chi connectivity index (χ3v) is 4.01. The fraction of sp³-hybridized carbons (Fsp3) is 0.200. The zero-order chi connectivity index (χ0) is 14.9. The highest BCUT2D eigenvalue weighted by molar-refractivity contribution is 7.89. The first-order valence-electron chi connectivity index (χ1n) is 5.28. The fourth-order valence-electron chi connectivity index (χ4n) is 1.53. The summed E-state index contributed by atoms with van der Waals surface area (Å²) in [6.07, 6.45) is 0. The van der Waals surface area contributed by atoms with E-state index in [9.17, 15) is 22.4 Å². The Morgan fingerprint density at radius 2 is 2.20 bits per heavy atom. The molecule has 0 aromatic heterocycles. The molecule has 0 unspecified atom stereocenters. The second kappa shape index (κ2) is 5.15. The van der Waals surface area contributed by atoms with Gasteiger partial charge in [-0.2, -0.15) is 4.72 Å². The standard InChI is InChI=1S/C10H9FN2O6S/c11-6-3-5(10(15)16)1-2-8(6)20(17,18)13-7-4-19-12-9(7)14/h1-3,7,13H,4H2,(H,12,14)(H,15,16)/t7-/m1/s1. The lowest BCUT2D eigenvalue weighted by molar-refractivity contribution is -0.124. The van der Waals surface area contributed by atoms with Crippen molar-refractivity contribution in [1.82, 2.24) is 10.2 Å². The predicted octanol–water partition coefficient (Wildman–Crippen LogP) is -0.768. The van der Waals surface area contributed by atoms with Gasteiger partial charge >= 0.3 is 5.97 Å². The van der Waals surface area contributed by atoms with E-state index in [4.69, 9.17) is 5.11 Å². The molecule has 1 amide bonds. The summed E-state index contributed by atoms with van der Waals surface area (Å²) in [4.78, 5) is 25.6. The SMILES string of the molecule is O=C(O)c1ccc(S(=O)(=O)N[C@@H]2CONC2=O)c(F)c1. The largest absolute Gasteiger partial charge is 0.478 e. The van der Waals surface area contributed by atoms with Gasteiger partial charge in [0.05, 0.1) is 5.56 Å². The molecule has 10 heteroatoms. The topological polar surface area (TPSA) is 122 Å². The molecule has 1 saturated heterocycles. The molecule has 0 bridgehead atoms. The average Bonchev–Trinajstić information content (AvgIpc) is 2.73. The van der Waals surface area contributed by atoms with E-state index in [1.165, 1.54) is 0 Å². The van der Waals surface area contributed by atoms with Crippen molar-refractivity contribution in [3.05, 3.63) is 29.6 Å². The molecular formula is C10H9FN2O6S. The summed E-state index contributed by atoms with van der Waals surface area (Å²) in [5.74, 6) is -3.31. The van der Waals surface area contributed by atoms with Crippen LogP contribution in [0.25, 0.3) is 0 Å². The number of nitrogens with one attached hydrogen (secondary N) is 2. The Balaban J connectivity index is 2.30. The first-order valence-corrected chi connectivity index (χ1v) is 6.76. The molecule has 1 fully saturated rings. The van der Waals surface area contributed by atoms with Gasteiger partial charge in [-0.25, -0.2) is 23.1 Å². The number of amides is 1. The molecule has 1 aliphatic rings. The number of aromatic carboxylic acids is 1. The van der Waals surface area contributed by atoms with Crippen molar-refractivity contribution in [2.24, 2.45) is 0 Å². The quantitative estimate of drug-likeness (QED) is 0.671. The van der Waals surface area contributed by atoms with Gasteiger partial charge in [0.15, 0.2) is 0 Å². The molecule has 1 atom stereocenters. The highest BCUT2D eigenvalue weighted by Crippen LogP contribution is 2.17. The van der Waals surface area contributed by atoms with Crippen molar-refractivity contribution in [2.45, 2.75) is 10.9 Å². The van der Waals surface area contributed by atoms with Gasteiger partial charge in [-0.05, 0) is 18.2 Å². The zero-order valence-corrected chi connectivity index (χ0v) is 10.6. The van der Waals surface area contributed by atoms with Crippen LogP contribution in [0.4, 0.5) is 4.39 Å². The number of carbonyl (C=O) groups excluding carboxylic acids is 1. The second-order valence-corrected chi connectivity index (χ2v) is 5.58. The Morgan fingerprint density at radius 3 is 2.70 bits per heavy atom. The minimum atomic E-state index is -4.31. The lowest BCUT2D eigenvalue weighted by Crippen LogP contribution is -2.41. The van der Waals surface area contributed by atoms with Crippen molar-refractivity contribution in [3.63, 3.8) is 0 Å². The monoisotopic (exact) mass is 304 g/mol. The summed E-state index contributed by atoms with van der Waals surface area (Å²) < 4.78 is 39.4. The summed E-state index contributed by atoms with van der Waals surface area (Å²) in [6.45, 7) is -0.229. The van der Waals surface area contributed by atoms with Crippen LogP contribution in [-0.2, 0) is 19.7 Å². The number of carboxylic acids is 1. The molecule has 8 nitrogen and oxygen atoms in total. The highest BCUT2D eigenvalue weighted by Gasteiger charge is 2.32. The molecule has 3 N–H and O–H groups in total. The van der Waals surface area contributed by atoms with Crippen LogP contribution in [0, 0.1) is 5.82 Å². The van der Waals surface area contributed by atoms with E-state index < -0.39 is 38.7 Å². The fourth-order valence-corrected chi connectivity index (χ4v) is 2.77. The molecule has 1 aromatic carbocycles. The number of carbonyl (C=O) groups is 2. The number of benzene rings is 1. The average molecular weight is 304 g/mol. The van der Waals surface area contributed by atoms with Crippen LogP contribution in [0.15, 0.2) is 23.1 Å². The Morgan fingerprint density at radius 1 is 1.50 bits per heavy atom. The van der Waals surface area contributed by atoms with Gasteiger partial charge in [-0.3, -0.25) is 9.63 Å². The van der Waals surface area contributed by atoms with E-state index in [2.05, 4.69) is 4.84 Å². The summed E-state index contributed by atoms with van der Waals surface area (Å²) in [6, 6.07) is 1.18. The Kier molecular flexibility index (Phi) is 3.70. The lowest BCUT2D eigenvalue weighted by Gasteiger charge is -2.10. The van der Waals surface area contributed by atoms with E-state index in [0.717, 1.165) is 12.1 Å². The van der Waals surface area contributed by atoms with E-state index in [1.807, 2.05) is 10.2 Å². The van der Waals surface area contributed by atoms with Gasteiger partial charge in [0.2, 0.25) is 10.0 Å². The smallest absolute Gasteiger partial charge is 0.335 e. The highest BCUT2D eigenvalue weighted by atomic mass is 32.2. The Labute approximate surface area is 112 Å². The maximum atomic E-state index is 13.7. The predicted molar refractivity (Wildman–Crippen MR) is 61.6 cm³/mol. The molecular weight excluding hydrogens is 295 g/mol. The molecule has 0 radical (unpaired) electrons. The summed E-state index contributed by atoms with van der Waals surface area (Å²) in [7, 11) is -4.31. The first kappa shape index (κ1) is 14.4. The van der Waals surface area contributed by atoms with Gasteiger partial charge in [-0.15, -0.1) is 0 Å². The van der Waals surface area contributed by atoms with Crippen LogP contribution in [0.1, 0.15) is 10.4 Å². The van der Waals surface area contributed by atoms with Gasteiger partial charge in [-0.1, -0.05) is 0 Å². The molecule has 0 aliphatic carbocycles. The summed E-state index contributed by atoms with van der Waals surface area (Å²) in [5.41, 5.74) is 1.56. The molecule has 2 rings (SSSR count). The number of hydrogen-bond acceptors (Lipinski definition) is 5. The lowest BCUT2D eigenvalue weighted by atomic mass is 10.2. The molecule has 1 aromatic rings. The molecule has 0 saturated carbocycles. The Hall–Kier alpha value is -2.04. The van der Waals surface area contributed by atoms with Crippen molar-refractivity contribution < 1.29 is 32.3 Å². The van der Waals surface area contributed by atoms with Crippen molar-refractivity contribution in [3.8, 4) is 0 Å². The van der Waals surface area contributed by atoms with Gasteiger partial charge < -0.3 is 5.11 Å². The minimum Gasteiger partial charge on any atom is -0.478 e. The summed E-state index contributed by atoms with van der Waals surface area (Å²) in [5, 5.41) is 8.67. The second-order valence-electron chi connectivity index (χ2n) is 3.90. The van der Waals surface area contributed by atoms with Gasteiger partial charge in [0.1, 0.15) is 23.4 Å². The first-order chi connectivity index (χ1) is 9.31. The van der Waals surface area contributed by atoms with Gasteiger partial charge in [0, 0.05) is 0 Å². The zero-order valence-electron chi connectivity index (χ0n) is 9.79. The Bertz CT molecular complexity index is 674. The number of rotatable bonds is 4. The van der Waals surface area contributed by atoms with E-state index >= 15 is 0 Å². The van der Waals surface area contributed by atoms with E-state index in [-0.39, 0.29) is 12.2 Å². The molecule has 0 spiro atoms. The third-order valence-electron chi connectivity index (χ3n) is 2.51. The molecule has 20 heavy (non-hydrogen) atoms. The molecule has 1 heterocycles. The van der Waals surface area contributed by atoms with Crippen LogP contribution in [-0.4, -0.2) is 38.0 Å². The third kappa shape index (κ3) is 2.76. The van der Waals surface area contributed by atoms with Crippen LogP contribution in [0.2, 0.25) is 0 Å². The normalized spacial score (nSPS) is 18.9. The van der Waals surface area contributed by atoms with Crippen LogP contribution >= 0.6 is 0 Å². The van der Waals surface area contributed by atoms with Crippen molar-refractivity contribution in [2.75, 3.05) is 6.61 Å². The van der Waals surface area contributed by atoms with Crippen LogP contribution in [0.3, 0.4) is 0 Å². The van der Waals surface area contributed by atoms with Crippen LogP contribution < -0.4 is 10.2 Å². The number of halogens is 1. The molecule has 108 valence electrons. The molecule has 1 aliphatic heterocycles. The number of carboxylic acid groups (broad SMARTS) is 1. The van der Waals surface area contributed by atoms with Crippen LogP contribution in [0.5, 0.6) is 0 Å². The number of sulfonamides is 1. The summed E-state index contributed by atoms with van der Waals surface area (Å²) >= 11 is 0. The number of hydrogen-bond donors (Lipinski definition) is 3. The maximum Gasteiger partial charge on any atom is 0.335 e. The van der Waals surface area contributed by atoms with E-state index in [1.54, 1.807) is 0 Å². The maximum absolute atomic E-state index is 13.7. The minimum absolute atomic E-state index is 0.229. The van der Waals surface area contributed by atoms with Crippen molar-refractivity contribution >= 4 is 21.9 Å². The van der Waals surface area contributed by atoms with Gasteiger partial charge in [0.25, 0.3) is 5.91 Å². The number of hydroxylamine groups is 1. The van der Waals surface area contributed by atoms with E-state index in [0.29, 0.717) is 6.07 Å².